The minimum Gasteiger partial charge on any atom is -0.480 e. The first-order valence-corrected chi connectivity index (χ1v) is 4.51. The Morgan fingerprint density at radius 3 is 2.07 bits per heavy atom. The molecule has 0 saturated heterocycles. The Balaban J connectivity index is 4.29. The second kappa shape index (κ2) is 5.59. The van der Waals surface area contributed by atoms with Crippen LogP contribution in [0, 0.1) is 0 Å². The second-order valence-corrected chi connectivity index (χ2v) is 3.53. The van der Waals surface area contributed by atoms with E-state index in [4.69, 9.17) is 5.11 Å². The molecule has 0 heterocycles. The van der Waals surface area contributed by atoms with E-state index < -0.39 is 12.0 Å². The number of likely N-dealkylation sites (N-methyl/N-ethyl adjacent to an activating group) is 1. The maximum Gasteiger partial charge on any atom is 0.326 e. The van der Waals surface area contributed by atoms with Crippen molar-refractivity contribution in [1.82, 2.24) is 9.80 Å². The van der Waals surface area contributed by atoms with Gasteiger partial charge in [-0.1, -0.05) is 0 Å². The molecule has 5 heteroatoms. The van der Waals surface area contributed by atoms with Crippen LogP contribution in [-0.2, 0) is 9.59 Å². The van der Waals surface area contributed by atoms with E-state index in [0.29, 0.717) is 13.1 Å². The van der Waals surface area contributed by atoms with Crippen molar-refractivity contribution in [3.05, 3.63) is 0 Å². The van der Waals surface area contributed by atoms with Crippen LogP contribution in [0.15, 0.2) is 0 Å². The van der Waals surface area contributed by atoms with Gasteiger partial charge in [-0.3, -0.25) is 4.79 Å². The summed E-state index contributed by atoms with van der Waals surface area (Å²) in [6.45, 7) is 4.00. The van der Waals surface area contributed by atoms with Gasteiger partial charge in [0.25, 0.3) is 0 Å². The molecule has 0 aliphatic carbocycles. The number of nitrogens with zero attached hydrogens (tertiary/aromatic N) is 2. The molecule has 5 nitrogen and oxygen atoms in total. The zero-order valence-corrected chi connectivity index (χ0v) is 9.15. The van der Waals surface area contributed by atoms with Gasteiger partial charge >= 0.3 is 5.97 Å². The van der Waals surface area contributed by atoms with Crippen LogP contribution in [0.2, 0.25) is 0 Å². The average Bonchev–Trinajstić information content (AvgIpc) is 2.02. The molecular formula is C9H18N2O3. The molecule has 0 aromatic heterocycles. The van der Waals surface area contributed by atoms with Crippen LogP contribution in [0.25, 0.3) is 0 Å². The van der Waals surface area contributed by atoms with Gasteiger partial charge in [0.1, 0.15) is 6.04 Å². The summed E-state index contributed by atoms with van der Waals surface area (Å²) in [5.74, 6) is -1.18. The Hall–Kier alpha value is -1.10. The van der Waals surface area contributed by atoms with Gasteiger partial charge < -0.3 is 14.9 Å². The molecule has 0 radical (unpaired) electrons. The molecule has 14 heavy (non-hydrogen) atoms. The van der Waals surface area contributed by atoms with Crippen molar-refractivity contribution in [2.24, 2.45) is 0 Å². The molecule has 82 valence electrons. The predicted octanol–water partition coefficient (Wildman–Crippen LogP) is -0.130. The summed E-state index contributed by atoms with van der Waals surface area (Å²) < 4.78 is 0. The third-order valence-electron chi connectivity index (χ3n) is 2.02. The van der Waals surface area contributed by atoms with Crippen LogP contribution in [0.3, 0.4) is 0 Å². The molecule has 0 aliphatic rings. The lowest BCUT2D eigenvalue weighted by Crippen LogP contribution is -2.45. The number of carboxylic acids is 1. The van der Waals surface area contributed by atoms with Crippen LogP contribution in [-0.4, -0.2) is 60.0 Å². The van der Waals surface area contributed by atoms with Crippen LogP contribution < -0.4 is 0 Å². The fraction of sp³-hybridized carbons (Fsp3) is 0.778. The average molecular weight is 202 g/mol. The number of aliphatic carboxylic acids is 1. The third-order valence-corrected chi connectivity index (χ3v) is 2.02. The van der Waals surface area contributed by atoms with Gasteiger partial charge in [0, 0.05) is 20.0 Å². The Morgan fingerprint density at radius 2 is 1.79 bits per heavy atom. The third kappa shape index (κ3) is 4.23. The standard InChI is InChI=1S/C9H18N2O3/c1-7(9(13)14)11(8(2)12)6-5-10(3)4/h7H,5-6H2,1-4H3,(H,13,14)/t7-/m0/s1. The lowest BCUT2D eigenvalue weighted by molar-refractivity contribution is -0.148. The first-order chi connectivity index (χ1) is 6.36. The zero-order chi connectivity index (χ0) is 11.3. The molecular weight excluding hydrogens is 184 g/mol. The van der Waals surface area contributed by atoms with E-state index in [0.717, 1.165) is 0 Å². The van der Waals surface area contributed by atoms with Gasteiger partial charge in [-0.15, -0.1) is 0 Å². The molecule has 0 fully saturated rings. The highest BCUT2D eigenvalue weighted by Gasteiger charge is 2.22. The van der Waals surface area contributed by atoms with Crippen LogP contribution >= 0.6 is 0 Å². The van der Waals surface area contributed by atoms with Gasteiger partial charge in [-0.25, -0.2) is 4.79 Å². The number of hydrogen-bond acceptors (Lipinski definition) is 3. The summed E-state index contributed by atoms with van der Waals surface area (Å²) >= 11 is 0. The molecule has 1 amide bonds. The van der Waals surface area contributed by atoms with Gasteiger partial charge in [0.2, 0.25) is 5.91 Å². The lowest BCUT2D eigenvalue weighted by atomic mass is 10.2. The summed E-state index contributed by atoms with van der Waals surface area (Å²) in [6, 6.07) is -0.757. The normalized spacial score (nSPS) is 12.6. The molecule has 0 bridgehead atoms. The van der Waals surface area contributed by atoms with E-state index >= 15 is 0 Å². The van der Waals surface area contributed by atoms with Gasteiger partial charge in [-0.05, 0) is 21.0 Å². The first kappa shape index (κ1) is 12.9. The van der Waals surface area contributed by atoms with Crippen LogP contribution in [0.1, 0.15) is 13.8 Å². The minimum absolute atomic E-state index is 0.207. The summed E-state index contributed by atoms with van der Waals surface area (Å²) in [5.41, 5.74) is 0. The van der Waals surface area contributed by atoms with E-state index in [1.807, 2.05) is 19.0 Å². The Labute approximate surface area is 84.3 Å². The fourth-order valence-electron chi connectivity index (χ4n) is 1.06. The number of rotatable bonds is 5. The quantitative estimate of drug-likeness (QED) is 0.674. The molecule has 0 saturated carbocycles. The summed E-state index contributed by atoms with van der Waals surface area (Å²) in [4.78, 5) is 25.1. The number of amides is 1. The van der Waals surface area contributed by atoms with Crippen molar-refractivity contribution < 1.29 is 14.7 Å². The van der Waals surface area contributed by atoms with Crippen LogP contribution in [0.4, 0.5) is 0 Å². The van der Waals surface area contributed by atoms with Crippen molar-refractivity contribution in [2.75, 3.05) is 27.2 Å². The van der Waals surface area contributed by atoms with Crippen molar-refractivity contribution in [3.63, 3.8) is 0 Å². The number of carboxylic acid groups (broad SMARTS) is 1. The van der Waals surface area contributed by atoms with Crippen molar-refractivity contribution in [2.45, 2.75) is 19.9 Å². The maximum absolute atomic E-state index is 11.1. The van der Waals surface area contributed by atoms with Gasteiger partial charge in [0.15, 0.2) is 0 Å². The van der Waals surface area contributed by atoms with E-state index in [9.17, 15) is 9.59 Å². The van der Waals surface area contributed by atoms with E-state index in [1.165, 1.54) is 18.7 Å². The number of carbonyl (C=O) groups excluding carboxylic acids is 1. The first-order valence-electron chi connectivity index (χ1n) is 4.51. The highest BCUT2D eigenvalue weighted by atomic mass is 16.4. The van der Waals surface area contributed by atoms with E-state index in [2.05, 4.69) is 0 Å². The Kier molecular flexibility index (Phi) is 5.15. The number of carbonyl (C=O) groups is 2. The maximum atomic E-state index is 11.1. The summed E-state index contributed by atoms with van der Waals surface area (Å²) in [5, 5.41) is 8.76. The highest BCUT2D eigenvalue weighted by molar-refractivity contribution is 5.81. The Morgan fingerprint density at radius 1 is 1.29 bits per heavy atom. The van der Waals surface area contributed by atoms with Crippen molar-refractivity contribution >= 4 is 11.9 Å². The summed E-state index contributed by atoms with van der Waals surface area (Å²) in [7, 11) is 3.76. The molecule has 0 spiro atoms. The smallest absolute Gasteiger partial charge is 0.326 e. The predicted molar refractivity (Wildman–Crippen MR) is 53.0 cm³/mol. The zero-order valence-electron chi connectivity index (χ0n) is 9.15. The molecule has 0 unspecified atom stereocenters. The molecule has 0 aromatic rings. The molecule has 1 atom stereocenters. The SMILES string of the molecule is CC(=O)N(CCN(C)C)[C@@H](C)C(=O)O. The minimum atomic E-state index is -0.973. The largest absolute Gasteiger partial charge is 0.480 e. The fourth-order valence-corrected chi connectivity index (χ4v) is 1.06. The monoisotopic (exact) mass is 202 g/mol. The molecule has 0 rings (SSSR count). The highest BCUT2D eigenvalue weighted by Crippen LogP contribution is 2.00. The van der Waals surface area contributed by atoms with E-state index in [1.54, 1.807) is 0 Å². The molecule has 0 aliphatic heterocycles. The second-order valence-electron chi connectivity index (χ2n) is 3.53. The lowest BCUT2D eigenvalue weighted by Gasteiger charge is -2.26. The Bertz CT molecular complexity index is 216. The summed E-state index contributed by atoms with van der Waals surface area (Å²) in [6.07, 6.45) is 0. The van der Waals surface area contributed by atoms with Gasteiger partial charge in [-0.2, -0.15) is 0 Å². The van der Waals surface area contributed by atoms with E-state index in [-0.39, 0.29) is 5.91 Å². The van der Waals surface area contributed by atoms with Gasteiger partial charge in [0.05, 0.1) is 0 Å². The van der Waals surface area contributed by atoms with Crippen molar-refractivity contribution in [3.8, 4) is 0 Å². The molecule has 0 aromatic carbocycles. The topological polar surface area (TPSA) is 60.9 Å². The van der Waals surface area contributed by atoms with Crippen molar-refractivity contribution in [1.29, 1.82) is 0 Å². The molecule has 1 N–H and O–H groups in total. The number of hydrogen-bond donors (Lipinski definition) is 1. The van der Waals surface area contributed by atoms with Crippen LogP contribution in [0.5, 0.6) is 0 Å².